The number of aromatic nitrogens is 2. The minimum atomic E-state index is -0.483. The van der Waals surface area contributed by atoms with Crippen LogP contribution in [0.15, 0.2) is 71.8 Å². The molecule has 5 rings (SSSR count). The standard InChI is InChI=1S/C27H24ClFN4O2/c1-17-3-2-10-33(27(17)35)24-5-4-18(13-23(24)28)21-15-20(29)16-22(26(21)34)19-6-7-31-25(14-19)32-11-8-30-9-12-32/h2-7,10,13-16,30,34H,8-9,11-12H2,1H3. The molecular formula is C27H24ClFN4O2. The summed E-state index contributed by atoms with van der Waals surface area (Å²) in [5.74, 6) is 0.244. The van der Waals surface area contributed by atoms with Crippen LogP contribution < -0.4 is 15.8 Å². The van der Waals surface area contributed by atoms with E-state index in [9.17, 15) is 14.3 Å². The SMILES string of the molecule is Cc1cccn(-c2ccc(-c3cc(F)cc(-c4ccnc(N5CCNCC5)c4)c3O)cc2Cl)c1=O. The Labute approximate surface area is 207 Å². The van der Waals surface area contributed by atoms with Gasteiger partial charge in [0.2, 0.25) is 0 Å². The van der Waals surface area contributed by atoms with Gasteiger partial charge in [-0.25, -0.2) is 9.37 Å². The highest BCUT2D eigenvalue weighted by Gasteiger charge is 2.18. The Kier molecular flexibility index (Phi) is 6.28. The molecule has 0 spiro atoms. The zero-order valence-electron chi connectivity index (χ0n) is 19.1. The average molecular weight is 491 g/mol. The fourth-order valence-corrected chi connectivity index (χ4v) is 4.63. The molecule has 1 saturated heterocycles. The molecule has 2 aromatic heterocycles. The third-order valence-electron chi connectivity index (χ3n) is 6.23. The Balaban J connectivity index is 1.55. The second-order valence-electron chi connectivity index (χ2n) is 8.52. The first-order chi connectivity index (χ1) is 16.9. The van der Waals surface area contributed by atoms with Crippen molar-refractivity contribution in [1.82, 2.24) is 14.9 Å². The van der Waals surface area contributed by atoms with Crippen molar-refractivity contribution in [2.24, 2.45) is 0 Å². The summed E-state index contributed by atoms with van der Waals surface area (Å²) in [6.45, 7) is 5.12. The number of halogens is 2. The van der Waals surface area contributed by atoms with Crippen LogP contribution >= 0.6 is 11.6 Å². The summed E-state index contributed by atoms with van der Waals surface area (Å²) in [6, 6.07) is 14.8. The summed E-state index contributed by atoms with van der Waals surface area (Å²) in [5, 5.41) is 14.8. The molecule has 0 unspecified atom stereocenters. The third kappa shape index (κ3) is 4.52. The van der Waals surface area contributed by atoms with E-state index >= 15 is 0 Å². The van der Waals surface area contributed by atoms with Crippen LogP contribution in [0.3, 0.4) is 0 Å². The number of phenolic OH excluding ortho intramolecular Hbond substituents is 1. The topological polar surface area (TPSA) is 70.4 Å². The number of hydrogen-bond acceptors (Lipinski definition) is 5. The van der Waals surface area contributed by atoms with Crippen molar-refractivity contribution in [3.8, 4) is 33.7 Å². The first kappa shape index (κ1) is 23.1. The molecule has 1 aliphatic heterocycles. The Morgan fingerprint density at radius 3 is 2.46 bits per heavy atom. The predicted molar refractivity (Wildman–Crippen MR) is 137 cm³/mol. The first-order valence-corrected chi connectivity index (χ1v) is 11.7. The molecule has 0 atom stereocenters. The number of pyridine rings is 2. The Morgan fingerprint density at radius 1 is 1.03 bits per heavy atom. The van der Waals surface area contributed by atoms with Crippen LogP contribution in [-0.2, 0) is 0 Å². The van der Waals surface area contributed by atoms with Crippen LogP contribution in [0.2, 0.25) is 5.02 Å². The molecule has 0 bridgehead atoms. The zero-order valence-corrected chi connectivity index (χ0v) is 19.9. The number of anilines is 1. The molecule has 2 N–H and O–H groups in total. The molecule has 1 fully saturated rings. The van der Waals surface area contributed by atoms with Gasteiger partial charge < -0.3 is 15.3 Å². The molecule has 0 aliphatic carbocycles. The summed E-state index contributed by atoms with van der Waals surface area (Å²) in [5.41, 5.74) is 2.82. The molecule has 8 heteroatoms. The van der Waals surface area contributed by atoms with Crippen molar-refractivity contribution in [3.63, 3.8) is 0 Å². The Morgan fingerprint density at radius 2 is 1.74 bits per heavy atom. The summed E-state index contributed by atoms with van der Waals surface area (Å²) >= 11 is 6.54. The van der Waals surface area contributed by atoms with E-state index in [2.05, 4.69) is 15.2 Å². The maximum absolute atomic E-state index is 14.8. The fraction of sp³-hybridized carbons (Fsp3) is 0.185. The van der Waals surface area contributed by atoms with Crippen molar-refractivity contribution < 1.29 is 9.50 Å². The number of benzene rings is 2. The van der Waals surface area contributed by atoms with Gasteiger partial charge in [0.1, 0.15) is 17.4 Å². The molecule has 4 aromatic rings. The molecule has 35 heavy (non-hydrogen) atoms. The monoisotopic (exact) mass is 490 g/mol. The molecular weight excluding hydrogens is 467 g/mol. The predicted octanol–water partition coefficient (Wildman–Crippen LogP) is 4.78. The third-order valence-corrected chi connectivity index (χ3v) is 6.53. The lowest BCUT2D eigenvalue weighted by molar-refractivity contribution is 0.477. The summed E-state index contributed by atoms with van der Waals surface area (Å²) in [6.07, 6.45) is 3.31. The Bertz CT molecular complexity index is 1460. The second-order valence-corrected chi connectivity index (χ2v) is 8.93. The van der Waals surface area contributed by atoms with Gasteiger partial charge in [-0.1, -0.05) is 23.7 Å². The summed E-state index contributed by atoms with van der Waals surface area (Å²) in [4.78, 5) is 19.1. The Hall–Kier alpha value is -3.68. The number of piperazine rings is 1. The highest BCUT2D eigenvalue weighted by atomic mass is 35.5. The number of nitrogens with one attached hydrogen (secondary N) is 1. The first-order valence-electron chi connectivity index (χ1n) is 11.4. The highest BCUT2D eigenvalue weighted by Crippen LogP contribution is 2.40. The van der Waals surface area contributed by atoms with Crippen LogP contribution in [0.4, 0.5) is 10.2 Å². The van der Waals surface area contributed by atoms with E-state index in [4.69, 9.17) is 11.6 Å². The zero-order chi connectivity index (χ0) is 24.5. The van der Waals surface area contributed by atoms with Crippen LogP contribution in [0, 0.1) is 12.7 Å². The lowest BCUT2D eigenvalue weighted by Gasteiger charge is -2.28. The van der Waals surface area contributed by atoms with E-state index in [-0.39, 0.29) is 11.3 Å². The number of aryl methyl sites for hydroxylation is 1. The van der Waals surface area contributed by atoms with Gasteiger partial charge >= 0.3 is 0 Å². The van der Waals surface area contributed by atoms with Gasteiger partial charge in [0, 0.05) is 55.3 Å². The molecule has 2 aromatic carbocycles. The van der Waals surface area contributed by atoms with E-state index in [0.717, 1.165) is 32.0 Å². The van der Waals surface area contributed by atoms with E-state index in [1.807, 2.05) is 6.07 Å². The number of aromatic hydroxyl groups is 1. The molecule has 0 saturated carbocycles. The van der Waals surface area contributed by atoms with Gasteiger partial charge in [0.05, 0.1) is 10.7 Å². The van der Waals surface area contributed by atoms with Gasteiger partial charge in [-0.15, -0.1) is 0 Å². The highest BCUT2D eigenvalue weighted by molar-refractivity contribution is 6.32. The normalized spacial score (nSPS) is 13.7. The molecule has 178 valence electrons. The maximum atomic E-state index is 14.8. The lowest BCUT2D eigenvalue weighted by Crippen LogP contribution is -2.43. The van der Waals surface area contributed by atoms with Crippen LogP contribution in [-0.4, -0.2) is 40.8 Å². The summed E-state index contributed by atoms with van der Waals surface area (Å²) in [7, 11) is 0. The second kappa shape index (κ2) is 9.52. The van der Waals surface area contributed by atoms with Crippen molar-refractivity contribution in [1.29, 1.82) is 0 Å². The van der Waals surface area contributed by atoms with Gasteiger partial charge in [-0.05, 0) is 60.5 Å². The number of nitrogens with zero attached hydrogens (tertiary/aromatic N) is 3. The van der Waals surface area contributed by atoms with Crippen molar-refractivity contribution in [3.05, 3.63) is 93.7 Å². The maximum Gasteiger partial charge on any atom is 0.258 e. The minimum Gasteiger partial charge on any atom is -0.507 e. The van der Waals surface area contributed by atoms with Gasteiger partial charge in [0.15, 0.2) is 0 Å². The van der Waals surface area contributed by atoms with Crippen LogP contribution in [0.1, 0.15) is 5.56 Å². The van der Waals surface area contributed by atoms with E-state index in [1.165, 1.54) is 16.7 Å². The molecule has 3 heterocycles. The minimum absolute atomic E-state index is 0.0552. The lowest BCUT2D eigenvalue weighted by atomic mass is 9.97. The van der Waals surface area contributed by atoms with Gasteiger partial charge in [-0.2, -0.15) is 0 Å². The van der Waals surface area contributed by atoms with E-state index in [0.29, 0.717) is 38.5 Å². The number of hydrogen-bond donors (Lipinski definition) is 2. The molecule has 0 radical (unpaired) electrons. The van der Waals surface area contributed by atoms with Crippen LogP contribution in [0.5, 0.6) is 5.75 Å². The van der Waals surface area contributed by atoms with Crippen LogP contribution in [0.25, 0.3) is 27.9 Å². The summed E-state index contributed by atoms with van der Waals surface area (Å²) < 4.78 is 16.2. The van der Waals surface area contributed by atoms with E-state index < -0.39 is 5.82 Å². The average Bonchev–Trinajstić information content (AvgIpc) is 2.88. The fourth-order valence-electron chi connectivity index (χ4n) is 4.35. The van der Waals surface area contributed by atoms with Gasteiger partial charge in [0.25, 0.3) is 5.56 Å². The number of rotatable bonds is 4. The molecule has 6 nitrogen and oxygen atoms in total. The smallest absolute Gasteiger partial charge is 0.258 e. The van der Waals surface area contributed by atoms with Crippen molar-refractivity contribution in [2.45, 2.75) is 6.92 Å². The van der Waals surface area contributed by atoms with Crippen molar-refractivity contribution >= 4 is 17.4 Å². The van der Waals surface area contributed by atoms with E-state index in [1.54, 1.807) is 55.7 Å². The molecule has 0 amide bonds. The quantitative estimate of drug-likeness (QED) is 0.431. The molecule has 1 aliphatic rings. The van der Waals surface area contributed by atoms with Crippen molar-refractivity contribution in [2.75, 3.05) is 31.1 Å². The number of phenols is 1. The van der Waals surface area contributed by atoms with Gasteiger partial charge in [-0.3, -0.25) is 9.36 Å². The largest absolute Gasteiger partial charge is 0.507 e.